The van der Waals surface area contributed by atoms with Gasteiger partial charge in [-0.25, -0.2) is 19.6 Å². The predicted molar refractivity (Wildman–Crippen MR) is 96.1 cm³/mol. The average molecular weight is 356 g/mol. The lowest BCUT2D eigenvalue weighted by Crippen LogP contribution is -2.24. The molecule has 0 saturated carbocycles. The van der Waals surface area contributed by atoms with Crippen LogP contribution in [0, 0.1) is 0 Å². The summed E-state index contributed by atoms with van der Waals surface area (Å²) in [4.78, 5) is 31.1. The number of anilines is 1. The molecule has 136 valence electrons. The Morgan fingerprint density at radius 3 is 2.77 bits per heavy atom. The van der Waals surface area contributed by atoms with Gasteiger partial charge in [-0.3, -0.25) is 0 Å². The maximum Gasteiger partial charge on any atom is 0.407 e. The van der Waals surface area contributed by atoms with Crippen LogP contribution in [0.4, 0.5) is 10.6 Å². The van der Waals surface area contributed by atoms with E-state index in [4.69, 9.17) is 10.5 Å². The molecule has 1 heterocycles. The number of carbonyl (C=O) groups excluding carboxylic acids is 2. The average Bonchev–Trinajstić information content (AvgIpc) is 2.67. The number of benzene rings is 1. The number of esters is 1. The number of rotatable bonds is 7. The van der Waals surface area contributed by atoms with E-state index >= 15 is 0 Å². The van der Waals surface area contributed by atoms with Crippen LogP contribution < -0.4 is 11.1 Å². The fourth-order valence-electron chi connectivity index (χ4n) is 1.98. The molecule has 1 aromatic carbocycles. The van der Waals surface area contributed by atoms with Crippen LogP contribution in [0.3, 0.4) is 0 Å². The number of amides is 1. The van der Waals surface area contributed by atoms with Gasteiger partial charge < -0.3 is 20.5 Å². The molecule has 8 heteroatoms. The lowest BCUT2D eigenvalue weighted by atomic mass is 10.2. The molecule has 1 amide bonds. The van der Waals surface area contributed by atoms with E-state index in [1.54, 1.807) is 12.2 Å². The normalized spacial score (nSPS) is 10.5. The van der Waals surface area contributed by atoms with Crippen LogP contribution >= 0.6 is 0 Å². The number of hydrogen-bond acceptors (Lipinski definition) is 7. The first-order chi connectivity index (χ1) is 12.6. The standard InChI is InChI=1S/C18H20N4O4/c1-25-17(23)15-16(19)21-11-14(22-15)9-5-6-10-20-18(24)26-12-13-7-3-2-4-8-13/h2-5,7-9,11H,6,10,12H2,1H3,(H2,19,21)(H,20,24). The van der Waals surface area contributed by atoms with Crippen molar-refractivity contribution in [3.8, 4) is 0 Å². The van der Waals surface area contributed by atoms with Crippen molar-refractivity contribution in [3.63, 3.8) is 0 Å². The van der Waals surface area contributed by atoms with Crippen molar-refractivity contribution in [1.29, 1.82) is 0 Å². The van der Waals surface area contributed by atoms with Gasteiger partial charge in [0.15, 0.2) is 11.5 Å². The van der Waals surface area contributed by atoms with Crippen LogP contribution in [0.2, 0.25) is 0 Å². The maximum atomic E-state index is 11.6. The zero-order valence-electron chi connectivity index (χ0n) is 14.3. The minimum atomic E-state index is -0.645. The molecule has 3 N–H and O–H groups in total. The summed E-state index contributed by atoms with van der Waals surface area (Å²) in [6, 6.07) is 9.42. The van der Waals surface area contributed by atoms with Gasteiger partial charge in [0.05, 0.1) is 19.0 Å². The van der Waals surface area contributed by atoms with E-state index in [0.717, 1.165) is 5.56 Å². The van der Waals surface area contributed by atoms with Crippen molar-refractivity contribution in [1.82, 2.24) is 15.3 Å². The topological polar surface area (TPSA) is 116 Å². The number of ether oxygens (including phenoxy) is 2. The van der Waals surface area contributed by atoms with E-state index in [0.29, 0.717) is 18.7 Å². The number of alkyl carbamates (subject to hydrolysis) is 1. The van der Waals surface area contributed by atoms with Gasteiger partial charge in [-0.15, -0.1) is 0 Å². The highest BCUT2D eigenvalue weighted by Crippen LogP contribution is 2.08. The van der Waals surface area contributed by atoms with Gasteiger partial charge in [0.2, 0.25) is 0 Å². The molecule has 8 nitrogen and oxygen atoms in total. The highest BCUT2D eigenvalue weighted by atomic mass is 16.5. The number of methoxy groups -OCH3 is 1. The number of hydrogen-bond donors (Lipinski definition) is 2. The molecule has 26 heavy (non-hydrogen) atoms. The monoisotopic (exact) mass is 356 g/mol. The van der Waals surface area contributed by atoms with E-state index in [1.165, 1.54) is 13.3 Å². The fraction of sp³-hybridized carbons (Fsp3) is 0.222. The lowest BCUT2D eigenvalue weighted by molar-refractivity contribution is 0.0594. The van der Waals surface area contributed by atoms with E-state index in [1.807, 2.05) is 30.3 Å². The van der Waals surface area contributed by atoms with E-state index in [2.05, 4.69) is 20.0 Å². The molecule has 2 aromatic rings. The number of nitrogens with two attached hydrogens (primary N) is 1. The third kappa shape index (κ3) is 5.90. The van der Waals surface area contributed by atoms with Crippen LogP contribution in [-0.4, -0.2) is 35.7 Å². The number of nitrogen functional groups attached to an aromatic ring is 1. The lowest BCUT2D eigenvalue weighted by Gasteiger charge is -2.06. The van der Waals surface area contributed by atoms with Gasteiger partial charge in [-0.2, -0.15) is 0 Å². The molecule has 1 aromatic heterocycles. The smallest absolute Gasteiger partial charge is 0.407 e. The van der Waals surface area contributed by atoms with Crippen molar-refractivity contribution in [2.75, 3.05) is 19.4 Å². The second-order valence-corrected chi connectivity index (χ2v) is 5.20. The number of aromatic nitrogens is 2. The van der Waals surface area contributed by atoms with E-state index in [9.17, 15) is 9.59 Å². The summed E-state index contributed by atoms with van der Waals surface area (Å²) in [6.07, 6.45) is 4.98. The van der Waals surface area contributed by atoms with Crippen LogP contribution in [0.25, 0.3) is 6.08 Å². The SMILES string of the molecule is COC(=O)c1nc(C=CCCNC(=O)OCc2ccccc2)cnc1N. The molecular weight excluding hydrogens is 336 g/mol. The second-order valence-electron chi connectivity index (χ2n) is 5.20. The zero-order valence-corrected chi connectivity index (χ0v) is 14.3. The highest BCUT2D eigenvalue weighted by Gasteiger charge is 2.13. The largest absolute Gasteiger partial charge is 0.464 e. The van der Waals surface area contributed by atoms with Gasteiger partial charge in [0.25, 0.3) is 0 Å². The summed E-state index contributed by atoms with van der Waals surface area (Å²) in [5, 5.41) is 2.64. The van der Waals surface area contributed by atoms with Crippen LogP contribution in [-0.2, 0) is 16.1 Å². The molecule has 0 atom stereocenters. The highest BCUT2D eigenvalue weighted by molar-refractivity contribution is 5.91. The third-order valence-electron chi connectivity index (χ3n) is 3.28. The Kier molecular flexibility index (Phi) is 7.11. The first-order valence-corrected chi connectivity index (χ1v) is 7.92. The van der Waals surface area contributed by atoms with E-state index < -0.39 is 12.1 Å². The molecule has 0 aliphatic heterocycles. The number of carbonyl (C=O) groups is 2. The quantitative estimate of drug-likeness (QED) is 0.577. The van der Waals surface area contributed by atoms with Gasteiger partial charge in [0.1, 0.15) is 6.61 Å². The Morgan fingerprint density at radius 1 is 1.27 bits per heavy atom. The summed E-state index contributed by atoms with van der Waals surface area (Å²) >= 11 is 0. The molecule has 0 aliphatic carbocycles. The summed E-state index contributed by atoms with van der Waals surface area (Å²) in [5.41, 5.74) is 6.94. The number of nitrogens with zero attached hydrogens (tertiary/aromatic N) is 2. The van der Waals surface area contributed by atoms with Gasteiger partial charge in [0, 0.05) is 6.54 Å². The Labute approximate surface area is 151 Å². The minimum absolute atomic E-state index is 0.0110. The van der Waals surface area contributed by atoms with Gasteiger partial charge in [-0.1, -0.05) is 36.4 Å². The summed E-state index contributed by atoms with van der Waals surface area (Å²) < 4.78 is 9.69. The Bertz CT molecular complexity index is 778. The Hall–Kier alpha value is -3.42. The summed E-state index contributed by atoms with van der Waals surface area (Å²) in [5.74, 6) is -0.634. The van der Waals surface area contributed by atoms with Gasteiger partial charge in [-0.05, 0) is 18.1 Å². The van der Waals surface area contributed by atoms with Gasteiger partial charge >= 0.3 is 12.1 Å². The minimum Gasteiger partial charge on any atom is -0.464 e. The molecule has 0 fully saturated rings. The van der Waals surface area contributed by atoms with E-state index in [-0.39, 0.29) is 18.1 Å². The molecule has 0 unspecified atom stereocenters. The Balaban J connectivity index is 1.74. The predicted octanol–water partition coefficient (Wildman–Crippen LogP) is 2.18. The number of nitrogens with one attached hydrogen (secondary N) is 1. The molecule has 0 spiro atoms. The van der Waals surface area contributed by atoms with Crippen molar-refractivity contribution in [3.05, 3.63) is 59.6 Å². The molecule has 0 bridgehead atoms. The van der Waals surface area contributed by atoms with Crippen LogP contribution in [0.1, 0.15) is 28.2 Å². The third-order valence-corrected chi connectivity index (χ3v) is 3.28. The first-order valence-electron chi connectivity index (χ1n) is 7.92. The van der Waals surface area contributed by atoms with Crippen molar-refractivity contribution in [2.45, 2.75) is 13.0 Å². The molecule has 0 aliphatic rings. The molecular formula is C18H20N4O4. The van der Waals surface area contributed by atoms with Crippen LogP contribution in [0.15, 0.2) is 42.6 Å². The molecule has 0 saturated heterocycles. The van der Waals surface area contributed by atoms with Crippen molar-refractivity contribution in [2.24, 2.45) is 0 Å². The van der Waals surface area contributed by atoms with Crippen molar-refractivity contribution >= 4 is 24.0 Å². The maximum absolute atomic E-state index is 11.6. The molecule has 2 rings (SSSR count). The summed E-state index contributed by atoms with van der Waals surface area (Å²) in [6.45, 7) is 0.621. The van der Waals surface area contributed by atoms with Crippen LogP contribution in [0.5, 0.6) is 0 Å². The Morgan fingerprint density at radius 2 is 2.04 bits per heavy atom. The zero-order chi connectivity index (χ0) is 18.8. The molecule has 0 radical (unpaired) electrons. The van der Waals surface area contributed by atoms with Crippen molar-refractivity contribution < 1.29 is 19.1 Å². The summed E-state index contributed by atoms with van der Waals surface area (Å²) in [7, 11) is 1.24. The fourth-order valence-corrected chi connectivity index (χ4v) is 1.98. The second kappa shape index (κ2) is 9.77. The first kappa shape index (κ1) is 18.9.